The van der Waals surface area contributed by atoms with Gasteiger partial charge in [-0.1, -0.05) is 36.4 Å². The van der Waals surface area contributed by atoms with Crippen molar-refractivity contribution in [3.05, 3.63) is 70.9 Å². The van der Waals surface area contributed by atoms with E-state index in [4.69, 9.17) is 14.2 Å². The monoisotopic (exact) mass is 387 g/mol. The van der Waals surface area contributed by atoms with Crippen LogP contribution in [0.25, 0.3) is 16.8 Å². The van der Waals surface area contributed by atoms with Crippen molar-refractivity contribution in [3.8, 4) is 17.2 Å². The number of carbonyl (C=O) groups excluding carboxylic acids is 1. The normalized spacial score (nSPS) is 15.0. The van der Waals surface area contributed by atoms with E-state index in [0.717, 1.165) is 34.9 Å². The van der Waals surface area contributed by atoms with Gasteiger partial charge in [-0.2, -0.15) is 0 Å². The first-order valence-electron chi connectivity index (χ1n) is 9.61. The Morgan fingerprint density at radius 2 is 1.90 bits per heavy atom. The molecule has 2 aliphatic heterocycles. The maximum atomic E-state index is 13.4. The number of methoxy groups -OCH3 is 1. The number of nitrogens with zero attached hydrogens (tertiary/aromatic N) is 1. The zero-order chi connectivity index (χ0) is 20.0. The van der Waals surface area contributed by atoms with Crippen molar-refractivity contribution in [2.75, 3.05) is 27.5 Å². The Kier molecular flexibility index (Phi) is 4.16. The van der Waals surface area contributed by atoms with Gasteiger partial charge in [0.1, 0.15) is 0 Å². The molecule has 0 aromatic heterocycles. The number of hydrogen-bond donors (Lipinski definition) is 0. The van der Waals surface area contributed by atoms with Crippen LogP contribution >= 0.6 is 0 Å². The maximum absolute atomic E-state index is 13.4. The highest BCUT2D eigenvalue weighted by molar-refractivity contribution is 6.12. The first-order chi connectivity index (χ1) is 14.2. The van der Waals surface area contributed by atoms with E-state index in [2.05, 4.69) is 0 Å². The van der Waals surface area contributed by atoms with Gasteiger partial charge in [0.15, 0.2) is 11.5 Å². The fraction of sp³-hybridized carbons (Fsp3) is 0.208. The number of ketones is 1. The van der Waals surface area contributed by atoms with E-state index < -0.39 is 0 Å². The molecule has 3 aromatic rings. The molecule has 29 heavy (non-hydrogen) atoms. The fourth-order valence-electron chi connectivity index (χ4n) is 4.02. The largest absolute Gasteiger partial charge is 0.492 e. The summed E-state index contributed by atoms with van der Waals surface area (Å²) >= 11 is 0. The third-order valence-corrected chi connectivity index (χ3v) is 5.60. The van der Waals surface area contributed by atoms with Crippen molar-refractivity contribution >= 4 is 22.6 Å². The number of hydrogen-bond acceptors (Lipinski definition) is 5. The van der Waals surface area contributed by atoms with Gasteiger partial charge in [-0.25, -0.2) is 0 Å². The minimum absolute atomic E-state index is 0.00850. The molecule has 0 N–H and O–H groups in total. The molecule has 5 heteroatoms. The van der Waals surface area contributed by atoms with Gasteiger partial charge in [-0.3, -0.25) is 4.79 Å². The molecule has 0 bridgehead atoms. The summed E-state index contributed by atoms with van der Waals surface area (Å²) in [6.07, 6.45) is 2.70. The first-order valence-corrected chi connectivity index (χ1v) is 9.61. The number of likely N-dealkylation sites (N-methyl/N-ethyl adjacent to an activating group) is 1. The molecule has 0 unspecified atom stereocenters. The fourth-order valence-corrected chi connectivity index (χ4v) is 4.02. The van der Waals surface area contributed by atoms with Crippen molar-refractivity contribution in [3.63, 3.8) is 0 Å². The van der Waals surface area contributed by atoms with E-state index >= 15 is 0 Å². The van der Waals surface area contributed by atoms with Gasteiger partial charge in [-0.05, 0) is 41.0 Å². The molecule has 0 fully saturated rings. The van der Waals surface area contributed by atoms with E-state index in [1.54, 1.807) is 7.11 Å². The van der Waals surface area contributed by atoms with Gasteiger partial charge >= 0.3 is 0 Å². The number of allylic oxidation sites excluding steroid dienone is 1. The van der Waals surface area contributed by atoms with Crippen LogP contribution < -0.4 is 14.2 Å². The lowest BCUT2D eigenvalue weighted by Crippen LogP contribution is -2.24. The lowest BCUT2D eigenvalue weighted by Gasteiger charge is -2.20. The second-order valence-corrected chi connectivity index (χ2v) is 7.31. The van der Waals surface area contributed by atoms with Crippen LogP contribution in [0, 0.1) is 0 Å². The number of benzene rings is 3. The molecule has 5 nitrogen and oxygen atoms in total. The molecule has 0 radical (unpaired) electrons. The third kappa shape index (κ3) is 2.90. The Morgan fingerprint density at radius 3 is 2.72 bits per heavy atom. The van der Waals surface area contributed by atoms with Crippen molar-refractivity contribution in [2.24, 2.45) is 0 Å². The predicted octanol–water partition coefficient (Wildman–Crippen LogP) is 4.29. The molecule has 0 atom stereocenters. The van der Waals surface area contributed by atoms with Gasteiger partial charge in [0.05, 0.1) is 12.8 Å². The summed E-state index contributed by atoms with van der Waals surface area (Å²) in [5, 5.41) is 2.17. The van der Waals surface area contributed by atoms with Crippen molar-refractivity contribution in [1.82, 2.24) is 4.90 Å². The summed E-state index contributed by atoms with van der Waals surface area (Å²) in [4.78, 5) is 15.4. The van der Waals surface area contributed by atoms with E-state index in [0.29, 0.717) is 28.5 Å². The van der Waals surface area contributed by atoms with E-state index in [9.17, 15) is 4.79 Å². The minimum atomic E-state index is -0.00850. The first kappa shape index (κ1) is 17.6. The van der Waals surface area contributed by atoms with Crippen molar-refractivity contribution < 1.29 is 19.0 Å². The van der Waals surface area contributed by atoms with Crippen LogP contribution in [0.2, 0.25) is 0 Å². The van der Waals surface area contributed by atoms with Gasteiger partial charge < -0.3 is 19.1 Å². The Balaban J connectivity index is 1.63. The molecule has 0 aliphatic carbocycles. The van der Waals surface area contributed by atoms with Crippen LogP contribution in [0.4, 0.5) is 0 Å². The minimum Gasteiger partial charge on any atom is -0.492 e. The highest BCUT2D eigenvalue weighted by atomic mass is 16.7. The van der Waals surface area contributed by atoms with Crippen LogP contribution in [0.1, 0.15) is 21.5 Å². The summed E-state index contributed by atoms with van der Waals surface area (Å²) in [5.74, 6) is 1.91. The lowest BCUT2D eigenvalue weighted by molar-refractivity contribution is 0.100. The predicted molar refractivity (Wildman–Crippen MR) is 112 cm³/mol. The van der Waals surface area contributed by atoms with E-state index in [-0.39, 0.29) is 12.6 Å². The average molecular weight is 387 g/mol. The average Bonchev–Trinajstić information content (AvgIpc) is 3.15. The van der Waals surface area contributed by atoms with E-state index in [1.807, 2.05) is 66.6 Å². The second kappa shape index (κ2) is 6.85. The van der Waals surface area contributed by atoms with Gasteiger partial charge in [0, 0.05) is 24.7 Å². The smallest absolute Gasteiger partial charge is 0.231 e. The Morgan fingerprint density at radius 1 is 1.07 bits per heavy atom. The zero-order valence-electron chi connectivity index (χ0n) is 16.4. The molecule has 3 aromatic carbocycles. The highest BCUT2D eigenvalue weighted by Crippen LogP contribution is 2.46. The number of rotatable bonds is 3. The van der Waals surface area contributed by atoms with Crippen molar-refractivity contribution in [1.29, 1.82) is 0 Å². The molecular weight excluding hydrogens is 366 g/mol. The van der Waals surface area contributed by atoms with Gasteiger partial charge in [-0.15, -0.1) is 0 Å². The lowest BCUT2D eigenvalue weighted by atomic mass is 9.99. The second-order valence-electron chi connectivity index (χ2n) is 7.31. The van der Waals surface area contributed by atoms with Crippen LogP contribution in [-0.2, 0) is 6.42 Å². The molecule has 2 aliphatic rings. The quantitative estimate of drug-likeness (QED) is 0.628. The summed E-state index contributed by atoms with van der Waals surface area (Å²) < 4.78 is 16.8. The number of ether oxygens (including phenoxy) is 3. The number of fused-ring (bicyclic) bond motifs is 3. The molecule has 2 heterocycles. The van der Waals surface area contributed by atoms with Gasteiger partial charge in [0.2, 0.25) is 18.3 Å². The topological polar surface area (TPSA) is 48.0 Å². The number of Topliss-reactive ketones (excluding diaryl/α,β-unsaturated/α-hetero) is 1. The molecule has 0 saturated heterocycles. The summed E-state index contributed by atoms with van der Waals surface area (Å²) in [5.41, 5.74) is 3.27. The van der Waals surface area contributed by atoms with E-state index in [1.165, 1.54) is 0 Å². The summed E-state index contributed by atoms with van der Waals surface area (Å²) in [6.45, 7) is 0.905. The summed E-state index contributed by atoms with van der Waals surface area (Å²) in [6, 6.07) is 15.9. The molecule has 5 rings (SSSR count). The van der Waals surface area contributed by atoms with Gasteiger partial charge in [0.25, 0.3) is 0 Å². The van der Waals surface area contributed by atoms with Crippen LogP contribution in [0.5, 0.6) is 17.2 Å². The molecule has 0 saturated carbocycles. The SMILES string of the molecule is COc1c2c(cc3c1OCO3)CCN(C)C(C(=O)c1ccc3ccccc3c1)=C2. The van der Waals surface area contributed by atoms with Crippen LogP contribution in [0.15, 0.2) is 54.2 Å². The van der Waals surface area contributed by atoms with Crippen LogP contribution in [-0.4, -0.2) is 38.2 Å². The van der Waals surface area contributed by atoms with Crippen molar-refractivity contribution in [2.45, 2.75) is 6.42 Å². The summed E-state index contributed by atoms with van der Waals surface area (Å²) in [7, 11) is 3.56. The zero-order valence-corrected chi connectivity index (χ0v) is 16.4. The molecular formula is C24H21NO4. The Bertz CT molecular complexity index is 1160. The molecule has 0 spiro atoms. The maximum Gasteiger partial charge on any atom is 0.231 e. The van der Waals surface area contributed by atoms with Crippen LogP contribution in [0.3, 0.4) is 0 Å². The third-order valence-electron chi connectivity index (χ3n) is 5.60. The standard InChI is InChI=1S/C24H21NO4/c1-25-10-9-17-12-21-24(29-14-28-21)23(27-2)19(17)13-20(25)22(26)18-8-7-15-5-3-4-6-16(15)11-18/h3-8,11-13H,9-10,14H2,1-2H3. The molecule has 0 amide bonds. The highest BCUT2D eigenvalue weighted by Gasteiger charge is 2.28. The molecule has 146 valence electrons. The Hall–Kier alpha value is -3.47. The Labute approximate surface area is 169 Å². The number of carbonyl (C=O) groups is 1.